The van der Waals surface area contributed by atoms with Gasteiger partial charge in [-0.1, -0.05) is 65.5 Å². The summed E-state index contributed by atoms with van der Waals surface area (Å²) in [7, 11) is 0. The van der Waals surface area contributed by atoms with Crippen molar-refractivity contribution in [3.8, 4) is 0 Å². The summed E-state index contributed by atoms with van der Waals surface area (Å²) in [5, 5.41) is 13.8. The maximum atomic E-state index is 12.2. The SMILES string of the molecule is CC(=O)N[C@H]1C=C2C[C@@H](O)CC[C@]2(C)[C@H]2CC[C@]3(C)[C@@H]([C@@H](C)CCCC(C)C)CC[C@H]3[C@H]12. The Morgan fingerprint density at radius 3 is 2.53 bits per heavy atom. The Labute approximate surface area is 197 Å². The van der Waals surface area contributed by atoms with Gasteiger partial charge in [0.2, 0.25) is 5.91 Å². The van der Waals surface area contributed by atoms with E-state index in [1.54, 1.807) is 6.92 Å². The first-order valence-electron chi connectivity index (χ1n) is 13.7. The van der Waals surface area contributed by atoms with Crippen molar-refractivity contribution in [2.45, 2.75) is 118 Å². The molecule has 0 bridgehead atoms. The van der Waals surface area contributed by atoms with Crippen LogP contribution in [0.3, 0.4) is 0 Å². The Hall–Kier alpha value is -0.830. The van der Waals surface area contributed by atoms with Gasteiger partial charge >= 0.3 is 0 Å². The lowest BCUT2D eigenvalue weighted by atomic mass is 9.46. The third-order valence-electron chi connectivity index (χ3n) is 10.7. The number of aliphatic hydroxyl groups excluding tert-OH is 1. The van der Waals surface area contributed by atoms with Gasteiger partial charge < -0.3 is 10.4 Å². The number of hydrogen-bond donors (Lipinski definition) is 2. The summed E-state index contributed by atoms with van der Waals surface area (Å²) in [6.45, 7) is 14.0. The Morgan fingerprint density at radius 1 is 1.09 bits per heavy atom. The van der Waals surface area contributed by atoms with Gasteiger partial charge in [-0.15, -0.1) is 0 Å². The zero-order valence-electron chi connectivity index (χ0n) is 21.6. The van der Waals surface area contributed by atoms with Crippen LogP contribution in [0.1, 0.15) is 106 Å². The minimum Gasteiger partial charge on any atom is -0.393 e. The van der Waals surface area contributed by atoms with Crippen molar-refractivity contribution in [3.05, 3.63) is 11.6 Å². The number of carbonyl (C=O) groups is 1. The van der Waals surface area contributed by atoms with Crippen LogP contribution in [0.2, 0.25) is 0 Å². The van der Waals surface area contributed by atoms with Gasteiger partial charge in [-0.3, -0.25) is 4.79 Å². The number of rotatable bonds is 6. The van der Waals surface area contributed by atoms with Crippen LogP contribution in [0.25, 0.3) is 0 Å². The molecule has 3 nitrogen and oxygen atoms in total. The Bertz CT molecular complexity index is 729. The van der Waals surface area contributed by atoms with E-state index < -0.39 is 0 Å². The van der Waals surface area contributed by atoms with E-state index >= 15 is 0 Å². The number of hydrogen-bond acceptors (Lipinski definition) is 2. The maximum absolute atomic E-state index is 12.2. The summed E-state index contributed by atoms with van der Waals surface area (Å²) in [6, 6.07) is 0.144. The molecule has 0 aromatic heterocycles. The second-order valence-corrected chi connectivity index (χ2v) is 13.1. The molecule has 3 fully saturated rings. The average molecular weight is 444 g/mol. The molecule has 32 heavy (non-hydrogen) atoms. The fraction of sp³-hybridized carbons (Fsp3) is 0.897. The Morgan fingerprint density at radius 2 is 1.84 bits per heavy atom. The minimum atomic E-state index is -0.208. The highest BCUT2D eigenvalue weighted by Crippen LogP contribution is 2.67. The molecule has 1 amide bonds. The highest BCUT2D eigenvalue weighted by atomic mass is 16.3. The Kier molecular flexibility index (Phi) is 6.90. The van der Waals surface area contributed by atoms with E-state index in [1.807, 2.05) is 0 Å². The molecule has 0 unspecified atom stereocenters. The predicted molar refractivity (Wildman–Crippen MR) is 132 cm³/mol. The second kappa shape index (κ2) is 9.08. The molecule has 0 aliphatic heterocycles. The van der Waals surface area contributed by atoms with Crippen molar-refractivity contribution in [2.75, 3.05) is 0 Å². The molecule has 0 aromatic rings. The molecular formula is C29H49NO2. The van der Waals surface area contributed by atoms with Gasteiger partial charge in [0.15, 0.2) is 0 Å². The van der Waals surface area contributed by atoms with Gasteiger partial charge in [0.05, 0.1) is 12.1 Å². The summed E-state index contributed by atoms with van der Waals surface area (Å²) < 4.78 is 0. The zero-order chi connectivity index (χ0) is 23.3. The molecule has 2 N–H and O–H groups in total. The van der Waals surface area contributed by atoms with Gasteiger partial charge in [-0.05, 0) is 91.3 Å². The minimum absolute atomic E-state index is 0.0921. The van der Waals surface area contributed by atoms with E-state index in [1.165, 1.54) is 50.5 Å². The fourth-order valence-corrected chi connectivity index (χ4v) is 9.06. The van der Waals surface area contributed by atoms with Crippen LogP contribution in [0.4, 0.5) is 0 Å². The summed E-state index contributed by atoms with van der Waals surface area (Å²) in [4.78, 5) is 12.2. The molecule has 182 valence electrons. The molecule has 4 rings (SSSR count). The van der Waals surface area contributed by atoms with E-state index in [4.69, 9.17) is 0 Å². The van der Waals surface area contributed by atoms with Crippen molar-refractivity contribution >= 4 is 5.91 Å². The van der Waals surface area contributed by atoms with E-state index in [-0.39, 0.29) is 23.5 Å². The van der Waals surface area contributed by atoms with Gasteiger partial charge in [0, 0.05) is 6.92 Å². The number of aliphatic hydroxyl groups is 1. The van der Waals surface area contributed by atoms with Gasteiger partial charge in [-0.2, -0.15) is 0 Å². The first-order chi connectivity index (χ1) is 15.1. The fourth-order valence-electron chi connectivity index (χ4n) is 9.06. The van der Waals surface area contributed by atoms with E-state index in [0.29, 0.717) is 23.2 Å². The molecule has 3 saturated carbocycles. The van der Waals surface area contributed by atoms with Crippen LogP contribution >= 0.6 is 0 Å². The van der Waals surface area contributed by atoms with Crippen LogP contribution in [0.5, 0.6) is 0 Å². The van der Waals surface area contributed by atoms with Gasteiger partial charge in [-0.25, -0.2) is 0 Å². The number of fused-ring (bicyclic) bond motifs is 5. The first kappa shape index (κ1) is 24.3. The quantitative estimate of drug-likeness (QED) is 0.460. The van der Waals surface area contributed by atoms with Gasteiger partial charge in [0.25, 0.3) is 0 Å². The largest absolute Gasteiger partial charge is 0.393 e. The molecule has 4 aliphatic carbocycles. The van der Waals surface area contributed by atoms with Crippen molar-refractivity contribution in [1.82, 2.24) is 5.32 Å². The molecule has 0 aromatic carbocycles. The Balaban J connectivity index is 1.60. The van der Waals surface area contributed by atoms with Crippen molar-refractivity contribution in [3.63, 3.8) is 0 Å². The number of carbonyl (C=O) groups excluding carboxylic acids is 1. The third kappa shape index (κ3) is 4.21. The molecule has 0 saturated heterocycles. The lowest BCUT2D eigenvalue weighted by molar-refractivity contribution is -0.122. The van der Waals surface area contributed by atoms with Crippen LogP contribution in [-0.2, 0) is 4.79 Å². The number of nitrogens with one attached hydrogen (secondary N) is 1. The molecule has 9 atom stereocenters. The lowest BCUT2D eigenvalue weighted by Gasteiger charge is -2.60. The molecular weight excluding hydrogens is 394 g/mol. The first-order valence-corrected chi connectivity index (χ1v) is 13.7. The summed E-state index contributed by atoms with van der Waals surface area (Å²) in [5.74, 6) is 4.42. The summed E-state index contributed by atoms with van der Waals surface area (Å²) in [6.07, 6.45) is 14.4. The normalized spacial score (nSPS) is 44.3. The van der Waals surface area contributed by atoms with E-state index in [9.17, 15) is 9.90 Å². The number of amides is 1. The van der Waals surface area contributed by atoms with Crippen molar-refractivity contribution < 1.29 is 9.90 Å². The van der Waals surface area contributed by atoms with E-state index in [2.05, 4.69) is 46.0 Å². The highest BCUT2D eigenvalue weighted by molar-refractivity contribution is 5.73. The van der Waals surface area contributed by atoms with Gasteiger partial charge in [0.1, 0.15) is 0 Å². The highest BCUT2D eigenvalue weighted by Gasteiger charge is 2.61. The molecule has 0 spiro atoms. The van der Waals surface area contributed by atoms with Crippen LogP contribution in [0, 0.1) is 46.3 Å². The maximum Gasteiger partial charge on any atom is 0.217 e. The van der Waals surface area contributed by atoms with Crippen LogP contribution in [0.15, 0.2) is 11.6 Å². The van der Waals surface area contributed by atoms with Crippen LogP contribution < -0.4 is 5.32 Å². The molecule has 0 heterocycles. The average Bonchev–Trinajstić information content (AvgIpc) is 3.05. The monoisotopic (exact) mass is 443 g/mol. The summed E-state index contributed by atoms with van der Waals surface area (Å²) >= 11 is 0. The molecule has 0 radical (unpaired) electrons. The zero-order valence-corrected chi connectivity index (χ0v) is 21.6. The smallest absolute Gasteiger partial charge is 0.217 e. The van der Waals surface area contributed by atoms with Crippen molar-refractivity contribution in [1.29, 1.82) is 0 Å². The second-order valence-electron chi connectivity index (χ2n) is 13.1. The topological polar surface area (TPSA) is 49.3 Å². The van der Waals surface area contributed by atoms with Crippen LogP contribution in [-0.4, -0.2) is 23.2 Å². The molecule has 4 aliphatic rings. The standard InChI is InChI=1S/C29H49NO2/c1-18(2)8-7-9-19(3)23-10-11-24-27-25(13-15-29(23,24)6)28(5)14-12-22(32)16-21(28)17-26(27)30-20(4)31/h17-19,22-27,32H,7-16H2,1-6H3,(H,30,31)/t19-,22-,23+,24-,25-,26-,27-,28-,29+/m0/s1. The van der Waals surface area contributed by atoms with E-state index in [0.717, 1.165) is 37.0 Å². The molecule has 3 heteroatoms. The predicted octanol–water partition coefficient (Wildman–Crippen LogP) is 6.50. The summed E-state index contributed by atoms with van der Waals surface area (Å²) in [5.41, 5.74) is 2.04. The van der Waals surface area contributed by atoms with Crippen molar-refractivity contribution in [2.24, 2.45) is 46.3 Å². The third-order valence-corrected chi connectivity index (χ3v) is 10.7. The lowest BCUT2D eigenvalue weighted by Crippen LogP contribution is -2.58.